The number of aryl methyl sites for hydroxylation is 1. The van der Waals surface area contributed by atoms with Crippen LogP contribution in [0.15, 0.2) is 29.4 Å². The third-order valence-corrected chi connectivity index (χ3v) is 5.85. The Kier molecular flexibility index (Phi) is 7.49. The van der Waals surface area contributed by atoms with E-state index in [0.29, 0.717) is 6.54 Å². The summed E-state index contributed by atoms with van der Waals surface area (Å²) in [5.41, 5.74) is 5.11. The van der Waals surface area contributed by atoms with Crippen molar-refractivity contribution in [1.29, 1.82) is 0 Å². The van der Waals surface area contributed by atoms with Crippen molar-refractivity contribution >= 4 is 5.91 Å². The molecule has 0 bridgehead atoms. The fraction of sp³-hybridized carbons (Fsp3) is 0.652. The Morgan fingerprint density at radius 3 is 2.75 bits per heavy atom. The third-order valence-electron chi connectivity index (χ3n) is 5.85. The number of allylic oxidation sites excluding steroid dienone is 3. The van der Waals surface area contributed by atoms with Crippen molar-refractivity contribution in [3.05, 3.63) is 40.8 Å². The van der Waals surface area contributed by atoms with Gasteiger partial charge < -0.3 is 5.32 Å². The Bertz CT molecular complexity index is 723. The zero-order chi connectivity index (χ0) is 19.9. The number of amides is 1. The molecule has 28 heavy (non-hydrogen) atoms. The van der Waals surface area contributed by atoms with Gasteiger partial charge in [0.1, 0.15) is 0 Å². The number of carbonyl (C=O) groups is 1. The van der Waals surface area contributed by atoms with Gasteiger partial charge in [-0.15, -0.1) is 0 Å². The second-order valence-electron chi connectivity index (χ2n) is 8.66. The summed E-state index contributed by atoms with van der Waals surface area (Å²) < 4.78 is 2.14. The minimum absolute atomic E-state index is 0.199. The molecule has 2 heterocycles. The Hall–Kier alpha value is -1.88. The topological polar surface area (TPSA) is 50.2 Å². The van der Waals surface area contributed by atoms with Crippen LogP contribution in [0.4, 0.5) is 0 Å². The van der Waals surface area contributed by atoms with E-state index in [4.69, 9.17) is 5.10 Å². The van der Waals surface area contributed by atoms with Crippen LogP contribution in [-0.4, -0.2) is 33.7 Å². The molecule has 0 spiro atoms. The van der Waals surface area contributed by atoms with Gasteiger partial charge in [0, 0.05) is 32.1 Å². The van der Waals surface area contributed by atoms with Crippen molar-refractivity contribution in [2.24, 2.45) is 5.92 Å². The molecule has 0 unspecified atom stereocenters. The van der Waals surface area contributed by atoms with Gasteiger partial charge in [0.2, 0.25) is 5.91 Å². The zero-order valence-corrected chi connectivity index (χ0v) is 17.8. The second kappa shape index (κ2) is 10.1. The van der Waals surface area contributed by atoms with Gasteiger partial charge in [-0.25, -0.2) is 0 Å². The minimum atomic E-state index is 0.199. The first-order chi connectivity index (χ1) is 13.5. The molecule has 1 amide bonds. The van der Waals surface area contributed by atoms with Crippen LogP contribution in [-0.2, 0) is 24.4 Å². The maximum absolute atomic E-state index is 12.0. The molecule has 154 valence electrons. The highest BCUT2D eigenvalue weighted by Crippen LogP contribution is 2.26. The van der Waals surface area contributed by atoms with Crippen LogP contribution in [0, 0.1) is 5.92 Å². The van der Waals surface area contributed by atoms with Crippen LogP contribution in [0.25, 0.3) is 0 Å². The van der Waals surface area contributed by atoms with Crippen molar-refractivity contribution in [2.45, 2.75) is 78.9 Å². The molecule has 1 fully saturated rings. The molecule has 1 aromatic rings. The monoisotopic (exact) mass is 384 g/mol. The molecule has 1 aromatic heterocycles. The van der Waals surface area contributed by atoms with Crippen molar-refractivity contribution in [3.63, 3.8) is 0 Å². The second-order valence-corrected chi connectivity index (χ2v) is 8.66. The Morgan fingerprint density at radius 2 is 2.04 bits per heavy atom. The van der Waals surface area contributed by atoms with Crippen LogP contribution in [0.3, 0.4) is 0 Å². The molecule has 1 saturated carbocycles. The summed E-state index contributed by atoms with van der Waals surface area (Å²) >= 11 is 0. The van der Waals surface area contributed by atoms with Gasteiger partial charge in [-0.1, -0.05) is 29.7 Å². The fourth-order valence-electron chi connectivity index (χ4n) is 3.80. The maximum atomic E-state index is 12.0. The summed E-state index contributed by atoms with van der Waals surface area (Å²) in [6.07, 6.45) is 11.4. The third kappa shape index (κ3) is 6.06. The Morgan fingerprint density at radius 1 is 1.21 bits per heavy atom. The highest BCUT2D eigenvalue weighted by atomic mass is 16.1. The Balaban J connectivity index is 1.50. The van der Waals surface area contributed by atoms with Gasteiger partial charge in [-0.05, 0) is 58.9 Å². The molecule has 0 atom stereocenters. The van der Waals surface area contributed by atoms with Crippen molar-refractivity contribution in [3.8, 4) is 0 Å². The van der Waals surface area contributed by atoms with Crippen LogP contribution < -0.4 is 5.32 Å². The van der Waals surface area contributed by atoms with Crippen molar-refractivity contribution in [2.75, 3.05) is 13.1 Å². The number of rotatable bonds is 8. The van der Waals surface area contributed by atoms with Gasteiger partial charge in [-0.2, -0.15) is 5.10 Å². The SMILES string of the molecule is CC(C)=CCC/C(C)=C/CN1CCCn2nc(CNC(=O)C3CCC3)cc2C1. The number of hydrogen-bond donors (Lipinski definition) is 1. The normalized spacial score (nSPS) is 18.2. The summed E-state index contributed by atoms with van der Waals surface area (Å²) in [5.74, 6) is 0.437. The molecule has 0 saturated heterocycles. The number of nitrogens with one attached hydrogen (secondary N) is 1. The van der Waals surface area contributed by atoms with E-state index in [0.717, 1.165) is 64.0 Å². The molecular formula is C23H36N4O. The summed E-state index contributed by atoms with van der Waals surface area (Å²) in [6, 6.07) is 2.17. The molecule has 0 radical (unpaired) electrons. The van der Waals surface area contributed by atoms with Gasteiger partial charge in [0.15, 0.2) is 0 Å². The zero-order valence-electron chi connectivity index (χ0n) is 17.8. The fourth-order valence-corrected chi connectivity index (χ4v) is 3.80. The van der Waals surface area contributed by atoms with Crippen LogP contribution >= 0.6 is 0 Å². The molecule has 5 heteroatoms. The lowest BCUT2D eigenvalue weighted by atomic mass is 9.85. The van der Waals surface area contributed by atoms with E-state index in [1.54, 1.807) is 0 Å². The first-order valence-electron chi connectivity index (χ1n) is 10.9. The summed E-state index contributed by atoms with van der Waals surface area (Å²) in [7, 11) is 0. The summed E-state index contributed by atoms with van der Waals surface area (Å²) in [5, 5.41) is 7.79. The van der Waals surface area contributed by atoms with Crippen LogP contribution in [0.5, 0.6) is 0 Å². The number of nitrogens with zero attached hydrogens (tertiary/aromatic N) is 3. The molecule has 3 rings (SSSR count). The first kappa shape index (κ1) is 20.8. The molecule has 5 nitrogen and oxygen atoms in total. The molecule has 1 N–H and O–H groups in total. The lowest BCUT2D eigenvalue weighted by Crippen LogP contribution is -2.34. The lowest BCUT2D eigenvalue weighted by molar-refractivity contribution is -0.127. The quantitative estimate of drug-likeness (QED) is 0.684. The molecular weight excluding hydrogens is 348 g/mol. The number of fused-ring (bicyclic) bond motifs is 1. The van der Waals surface area contributed by atoms with Gasteiger partial charge in [0.05, 0.1) is 17.9 Å². The van der Waals surface area contributed by atoms with Gasteiger partial charge >= 0.3 is 0 Å². The van der Waals surface area contributed by atoms with Crippen molar-refractivity contribution in [1.82, 2.24) is 20.0 Å². The average molecular weight is 385 g/mol. The molecule has 1 aliphatic carbocycles. The minimum Gasteiger partial charge on any atom is -0.350 e. The highest BCUT2D eigenvalue weighted by molar-refractivity contribution is 5.79. The van der Waals surface area contributed by atoms with E-state index in [2.05, 4.69) is 53.9 Å². The van der Waals surface area contributed by atoms with E-state index >= 15 is 0 Å². The largest absolute Gasteiger partial charge is 0.350 e. The summed E-state index contributed by atoms with van der Waals surface area (Å²) in [4.78, 5) is 14.5. The van der Waals surface area contributed by atoms with Crippen LogP contribution in [0.2, 0.25) is 0 Å². The lowest BCUT2D eigenvalue weighted by Gasteiger charge is -2.23. The standard InChI is InChI=1S/C23H36N4O/c1-18(2)7-4-8-19(3)11-14-26-12-6-13-27-22(17-26)15-21(25-27)16-24-23(28)20-9-5-10-20/h7,11,15,20H,4-6,8-10,12-14,16-17H2,1-3H3,(H,24,28)/b19-11+. The van der Waals surface area contributed by atoms with E-state index < -0.39 is 0 Å². The van der Waals surface area contributed by atoms with E-state index in [1.165, 1.54) is 23.3 Å². The van der Waals surface area contributed by atoms with E-state index in [1.807, 2.05) is 0 Å². The summed E-state index contributed by atoms with van der Waals surface area (Å²) in [6.45, 7) is 11.1. The highest BCUT2D eigenvalue weighted by Gasteiger charge is 2.25. The van der Waals surface area contributed by atoms with E-state index in [9.17, 15) is 4.79 Å². The first-order valence-corrected chi connectivity index (χ1v) is 10.9. The van der Waals surface area contributed by atoms with Gasteiger partial charge in [0.25, 0.3) is 0 Å². The molecule has 1 aliphatic heterocycles. The molecule has 0 aromatic carbocycles. The number of hydrogen-bond acceptors (Lipinski definition) is 3. The molecule has 2 aliphatic rings. The smallest absolute Gasteiger partial charge is 0.223 e. The van der Waals surface area contributed by atoms with Crippen molar-refractivity contribution < 1.29 is 4.79 Å². The maximum Gasteiger partial charge on any atom is 0.223 e. The number of aromatic nitrogens is 2. The predicted molar refractivity (Wildman–Crippen MR) is 114 cm³/mol. The average Bonchev–Trinajstić information content (AvgIpc) is 2.87. The van der Waals surface area contributed by atoms with E-state index in [-0.39, 0.29) is 11.8 Å². The van der Waals surface area contributed by atoms with Gasteiger partial charge in [-0.3, -0.25) is 14.4 Å². The van der Waals surface area contributed by atoms with Crippen LogP contribution in [0.1, 0.15) is 70.7 Å². The number of carbonyl (C=O) groups excluding carboxylic acids is 1. The predicted octanol–water partition coefficient (Wildman–Crippen LogP) is 4.20. The Labute approximate surface area is 169 Å².